The fourth-order valence-corrected chi connectivity index (χ4v) is 3.08. The van der Waals surface area contributed by atoms with Crippen LogP contribution in [-0.4, -0.2) is 12.4 Å². The molecule has 2 rings (SSSR count). The van der Waals surface area contributed by atoms with Crippen molar-refractivity contribution in [1.29, 1.82) is 0 Å². The van der Waals surface area contributed by atoms with Crippen molar-refractivity contribution in [2.24, 2.45) is 11.8 Å². The average molecular weight is 426 g/mol. The molecule has 2 fully saturated rings. The van der Waals surface area contributed by atoms with Gasteiger partial charge in [-0.15, -0.1) is 0 Å². The maximum atomic E-state index is 11.7. The first-order valence-corrected chi connectivity index (χ1v) is 7.29. The Morgan fingerprint density at radius 3 is 0.957 bits per heavy atom. The topological polar surface area (TPSA) is 0 Å². The molecule has 0 atom stereocenters. The molecule has 0 aromatic rings. The van der Waals surface area contributed by atoms with Gasteiger partial charge in [0, 0.05) is 12.8 Å². The van der Waals surface area contributed by atoms with Crippen molar-refractivity contribution in [3.05, 3.63) is 14.9 Å². The summed E-state index contributed by atoms with van der Waals surface area (Å²) in [6, 6.07) is 0. The molecule has 0 nitrogen and oxygen atoms in total. The minimum absolute atomic E-state index is 0. The van der Waals surface area contributed by atoms with Crippen LogP contribution in [0, 0.1) is 26.7 Å². The van der Waals surface area contributed by atoms with Crippen molar-refractivity contribution in [2.45, 2.75) is 76.6 Å². The zero-order chi connectivity index (χ0) is 15.2. The van der Waals surface area contributed by atoms with E-state index >= 15 is 0 Å². The van der Waals surface area contributed by atoms with Crippen molar-refractivity contribution in [3.63, 3.8) is 0 Å². The van der Waals surface area contributed by atoms with E-state index in [0.717, 1.165) is 51.4 Å². The van der Waals surface area contributed by atoms with Gasteiger partial charge in [-0.2, -0.15) is 26.3 Å². The Labute approximate surface area is 155 Å². The number of halogens is 6. The second kappa shape index (κ2) is 12.8. The van der Waals surface area contributed by atoms with Crippen LogP contribution >= 0.6 is 0 Å². The zero-order valence-electron chi connectivity index (χ0n) is 14.0. The molecular weight excluding hydrogens is 397 g/mol. The number of rotatable bonds is 2. The fraction of sp³-hybridized carbons (Fsp3) is 0.875. The molecule has 0 radical (unpaired) electrons. The molecule has 7 heteroatoms. The summed E-state index contributed by atoms with van der Waals surface area (Å²) >= 11 is 0. The van der Waals surface area contributed by atoms with Crippen LogP contribution in [0.4, 0.5) is 26.3 Å². The summed E-state index contributed by atoms with van der Waals surface area (Å²) in [5, 5.41) is 0. The summed E-state index contributed by atoms with van der Waals surface area (Å²) < 4.78 is 70.2. The molecule has 0 bridgehead atoms. The Hall–Kier alpha value is 0.463. The Balaban J connectivity index is -0.000000308. The van der Waals surface area contributed by atoms with E-state index in [1.165, 1.54) is 0 Å². The van der Waals surface area contributed by atoms with Crippen molar-refractivity contribution < 1.29 is 52.5 Å². The molecule has 0 unspecified atom stereocenters. The molecule has 0 spiro atoms. The van der Waals surface area contributed by atoms with Crippen LogP contribution in [0.15, 0.2) is 0 Å². The quantitative estimate of drug-likeness (QED) is 0.325. The third-order valence-corrected chi connectivity index (χ3v) is 3.99. The fourth-order valence-electron chi connectivity index (χ4n) is 3.08. The van der Waals surface area contributed by atoms with Gasteiger partial charge < -0.3 is 14.9 Å². The molecule has 23 heavy (non-hydrogen) atoms. The van der Waals surface area contributed by atoms with Crippen LogP contribution in [-0.2, 0) is 26.2 Å². The van der Waals surface area contributed by atoms with Crippen LogP contribution in [0.5, 0.6) is 0 Å². The van der Waals surface area contributed by atoms with Gasteiger partial charge >= 0.3 is 38.6 Å². The smallest absolute Gasteiger partial charge is 0.358 e. The van der Waals surface area contributed by atoms with Gasteiger partial charge in [0.25, 0.3) is 0 Å². The summed E-state index contributed by atoms with van der Waals surface area (Å²) in [7, 11) is 0. The van der Waals surface area contributed by atoms with E-state index in [1.807, 2.05) is 0 Å². The second-order valence-electron chi connectivity index (χ2n) is 5.94. The van der Waals surface area contributed by atoms with Crippen LogP contribution in [0.25, 0.3) is 0 Å². The molecule has 0 saturated heterocycles. The molecule has 0 N–H and O–H groups in total. The van der Waals surface area contributed by atoms with E-state index in [0.29, 0.717) is 0 Å². The molecule has 2 aliphatic rings. The van der Waals surface area contributed by atoms with E-state index in [-0.39, 0.29) is 52.9 Å². The third kappa shape index (κ3) is 15.7. The van der Waals surface area contributed by atoms with Gasteiger partial charge in [0.1, 0.15) is 0 Å². The molecule has 0 aromatic heterocycles. The van der Waals surface area contributed by atoms with Crippen molar-refractivity contribution in [2.75, 3.05) is 0 Å². The van der Waals surface area contributed by atoms with Crippen molar-refractivity contribution in [3.8, 4) is 0 Å². The summed E-state index contributed by atoms with van der Waals surface area (Å²) in [5.74, 6) is -0.139. The summed E-state index contributed by atoms with van der Waals surface area (Å²) in [5.41, 5.74) is 0. The predicted molar refractivity (Wildman–Crippen MR) is 78.1 cm³/mol. The minimum atomic E-state index is -3.94. The van der Waals surface area contributed by atoms with Gasteiger partial charge in [0.05, 0.1) is 0 Å². The number of hydrogen-bond donors (Lipinski definition) is 0. The van der Waals surface area contributed by atoms with E-state index in [4.69, 9.17) is 0 Å². The monoisotopic (exact) mass is 424 g/mol. The van der Waals surface area contributed by atoms with Crippen LogP contribution < -0.4 is 0 Å². The molecule has 0 aromatic carbocycles. The number of alkyl halides is 6. The van der Waals surface area contributed by atoms with Crippen LogP contribution in [0.2, 0.25) is 0 Å². The first-order valence-electron chi connectivity index (χ1n) is 7.29. The summed E-state index contributed by atoms with van der Waals surface area (Å²) in [6.45, 7) is 0. The van der Waals surface area contributed by atoms with Crippen LogP contribution in [0.3, 0.4) is 0 Å². The van der Waals surface area contributed by atoms with Gasteiger partial charge in [0.2, 0.25) is 0 Å². The summed E-state index contributed by atoms with van der Waals surface area (Å²) in [6.07, 6.45) is -1.94. The Kier molecular flexibility index (Phi) is 15.7. The predicted octanol–water partition coefficient (Wildman–Crippen LogP) is 7.16. The van der Waals surface area contributed by atoms with Gasteiger partial charge in [0.15, 0.2) is 0 Å². The average Bonchev–Trinajstić information content (AvgIpc) is 2.87. The zero-order valence-corrected chi connectivity index (χ0v) is 16.5. The van der Waals surface area contributed by atoms with E-state index in [9.17, 15) is 26.3 Å². The maximum Gasteiger partial charge on any atom is 4.00 e. The summed E-state index contributed by atoms with van der Waals surface area (Å²) in [4.78, 5) is 0. The molecule has 136 valence electrons. The maximum absolute atomic E-state index is 11.7. The first-order chi connectivity index (χ1) is 9.16. The standard InChI is InChI=1S/2C7H11F3.2CH3.Zr/c2*8-7(9,10)5-6-3-1-2-4-6;;;/h2*6H,1-5H2;2*1H3;/q;;2*-1;+4. The molecular formula is C16H28F6Zr+2. The van der Waals surface area contributed by atoms with Gasteiger partial charge in [-0.3, -0.25) is 0 Å². The van der Waals surface area contributed by atoms with Crippen molar-refractivity contribution >= 4 is 0 Å². The van der Waals surface area contributed by atoms with Crippen molar-refractivity contribution in [1.82, 2.24) is 0 Å². The van der Waals surface area contributed by atoms with E-state index in [2.05, 4.69) is 0 Å². The molecule has 0 heterocycles. The Morgan fingerprint density at radius 1 is 0.565 bits per heavy atom. The molecule has 0 amide bonds. The van der Waals surface area contributed by atoms with Gasteiger partial charge in [-0.05, 0) is 11.8 Å². The normalized spacial score (nSPS) is 19.0. The minimum Gasteiger partial charge on any atom is -0.358 e. The molecule has 2 aliphatic carbocycles. The molecule has 2 saturated carbocycles. The SMILES string of the molecule is FC(F)(F)CC1CCCC1.FC(F)(F)CC1CCCC1.[CH3-].[CH3-].[Zr+4]. The van der Waals surface area contributed by atoms with E-state index in [1.54, 1.807) is 0 Å². The second-order valence-corrected chi connectivity index (χ2v) is 5.94. The largest absolute Gasteiger partial charge is 4.00 e. The Bertz CT molecular complexity index is 235. The van der Waals surface area contributed by atoms with Gasteiger partial charge in [-0.25, -0.2) is 0 Å². The molecule has 0 aliphatic heterocycles. The van der Waals surface area contributed by atoms with Gasteiger partial charge in [-0.1, -0.05) is 51.4 Å². The Morgan fingerprint density at radius 2 is 0.783 bits per heavy atom. The number of hydrogen-bond acceptors (Lipinski definition) is 0. The van der Waals surface area contributed by atoms with E-state index < -0.39 is 25.2 Å². The first kappa shape index (κ1) is 28.3. The van der Waals surface area contributed by atoms with Crippen LogP contribution in [0.1, 0.15) is 64.2 Å². The third-order valence-electron chi connectivity index (χ3n) is 3.99.